The van der Waals surface area contributed by atoms with E-state index in [-0.39, 0.29) is 6.42 Å². The number of halogens is 1. The van der Waals surface area contributed by atoms with Crippen LogP contribution in [-0.2, 0) is 9.47 Å². The SMILES string of the molecule is OCC1O[C@H](O[C@H]2CC(CO)[C@H](F)C(O)C2O)C(O)C(O)[C@@H]1O. The lowest BCUT2D eigenvalue weighted by Crippen LogP contribution is -2.61. The van der Waals surface area contributed by atoms with Crippen LogP contribution in [0.5, 0.6) is 0 Å². The van der Waals surface area contributed by atoms with Gasteiger partial charge in [-0.3, -0.25) is 0 Å². The zero-order chi connectivity index (χ0) is 17.3. The molecular weight excluding hydrogens is 319 g/mol. The van der Waals surface area contributed by atoms with E-state index >= 15 is 0 Å². The van der Waals surface area contributed by atoms with Crippen LogP contribution < -0.4 is 0 Å². The van der Waals surface area contributed by atoms with E-state index in [2.05, 4.69) is 0 Å². The highest BCUT2D eigenvalue weighted by Gasteiger charge is 2.49. The van der Waals surface area contributed by atoms with Gasteiger partial charge in [0.15, 0.2) is 6.29 Å². The highest BCUT2D eigenvalue weighted by Crippen LogP contribution is 2.32. The highest BCUT2D eigenvalue weighted by molar-refractivity contribution is 4.95. The number of hydrogen-bond acceptors (Lipinski definition) is 9. The van der Waals surface area contributed by atoms with Crippen molar-refractivity contribution in [1.29, 1.82) is 0 Å². The molecule has 0 aromatic carbocycles. The molecule has 23 heavy (non-hydrogen) atoms. The van der Waals surface area contributed by atoms with Crippen molar-refractivity contribution in [2.45, 2.75) is 61.6 Å². The van der Waals surface area contributed by atoms with Gasteiger partial charge in [-0.2, -0.15) is 0 Å². The van der Waals surface area contributed by atoms with Crippen molar-refractivity contribution < 1.29 is 49.6 Å². The third-order valence-electron chi connectivity index (χ3n) is 4.43. The molecule has 0 bridgehead atoms. The van der Waals surface area contributed by atoms with E-state index in [0.29, 0.717) is 0 Å². The maximum absolute atomic E-state index is 13.7. The number of hydrogen-bond donors (Lipinski definition) is 7. The van der Waals surface area contributed by atoms with Gasteiger partial charge in [0.2, 0.25) is 0 Å². The normalized spacial score (nSPS) is 51.7. The summed E-state index contributed by atoms with van der Waals surface area (Å²) in [4.78, 5) is 0. The molecule has 2 rings (SSSR count). The molecule has 0 aromatic rings. The summed E-state index contributed by atoms with van der Waals surface area (Å²) in [5, 5.41) is 67.0. The summed E-state index contributed by atoms with van der Waals surface area (Å²) in [6, 6.07) is 0. The molecule has 0 aromatic heterocycles. The maximum Gasteiger partial charge on any atom is 0.187 e. The Morgan fingerprint density at radius 2 is 1.52 bits per heavy atom. The first kappa shape index (κ1) is 18.9. The number of alkyl halides is 1. The zero-order valence-corrected chi connectivity index (χ0v) is 12.2. The Labute approximate surface area is 131 Å². The van der Waals surface area contributed by atoms with Gasteiger partial charge in [0.05, 0.1) is 12.7 Å². The topological polar surface area (TPSA) is 160 Å². The van der Waals surface area contributed by atoms with Crippen molar-refractivity contribution in [3.8, 4) is 0 Å². The fourth-order valence-corrected chi connectivity index (χ4v) is 2.92. The average Bonchev–Trinajstić information content (AvgIpc) is 2.55. The zero-order valence-electron chi connectivity index (χ0n) is 12.2. The van der Waals surface area contributed by atoms with Gasteiger partial charge >= 0.3 is 0 Å². The Morgan fingerprint density at radius 3 is 2.09 bits per heavy atom. The largest absolute Gasteiger partial charge is 0.396 e. The lowest BCUT2D eigenvalue weighted by atomic mass is 9.82. The smallest absolute Gasteiger partial charge is 0.187 e. The summed E-state index contributed by atoms with van der Waals surface area (Å²) in [5.74, 6) is -0.969. The molecule has 1 aliphatic carbocycles. The molecule has 0 radical (unpaired) electrons. The van der Waals surface area contributed by atoms with E-state index in [4.69, 9.17) is 19.7 Å². The molecule has 1 aliphatic heterocycles. The quantitative estimate of drug-likeness (QED) is 0.272. The molecule has 10 atom stereocenters. The molecule has 0 spiro atoms. The van der Waals surface area contributed by atoms with Crippen LogP contribution in [0.3, 0.4) is 0 Å². The minimum atomic E-state index is -1.83. The Morgan fingerprint density at radius 1 is 0.870 bits per heavy atom. The molecule has 1 heterocycles. The maximum atomic E-state index is 13.7. The molecule has 2 fully saturated rings. The molecular formula is C13H23FO9. The third-order valence-corrected chi connectivity index (χ3v) is 4.43. The van der Waals surface area contributed by atoms with Gasteiger partial charge in [0, 0.05) is 12.5 Å². The number of ether oxygens (including phenoxy) is 2. The minimum absolute atomic E-state index is 0.148. The molecule has 10 heteroatoms. The van der Waals surface area contributed by atoms with E-state index < -0.39 is 74.3 Å². The Hall–Kier alpha value is -0.430. The average molecular weight is 342 g/mol. The lowest BCUT2D eigenvalue weighted by molar-refractivity contribution is -0.325. The Kier molecular flexibility index (Phi) is 6.28. The summed E-state index contributed by atoms with van der Waals surface area (Å²) in [6.45, 7) is -1.22. The van der Waals surface area contributed by atoms with Gasteiger partial charge < -0.3 is 45.2 Å². The van der Waals surface area contributed by atoms with Gasteiger partial charge in [-0.25, -0.2) is 4.39 Å². The van der Waals surface area contributed by atoms with E-state index in [1.807, 2.05) is 0 Å². The van der Waals surface area contributed by atoms with Gasteiger partial charge in [-0.15, -0.1) is 0 Å². The molecule has 0 amide bonds. The van der Waals surface area contributed by atoms with Gasteiger partial charge in [0.25, 0.3) is 0 Å². The minimum Gasteiger partial charge on any atom is -0.396 e. The van der Waals surface area contributed by atoms with E-state index in [9.17, 15) is 29.9 Å². The summed E-state index contributed by atoms with van der Waals surface area (Å²) >= 11 is 0. The predicted molar refractivity (Wildman–Crippen MR) is 70.7 cm³/mol. The van der Waals surface area contributed by atoms with E-state index in [1.54, 1.807) is 0 Å². The number of aliphatic hydroxyl groups excluding tert-OH is 7. The molecule has 2 aliphatic rings. The summed E-state index contributed by atoms with van der Waals surface area (Å²) in [7, 11) is 0. The van der Waals surface area contributed by atoms with Crippen molar-refractivity contribution >= 4 is 0 Å². The van der Waals surface area contributed by atoms with Crippen LogP contribution in [0.1, 0.15) is 6.42 Å². The van der Waals surface area contributed by atoms with Gasteiger partial charge in [-0.05, 0) is 6.42 Å². The molecule has 9 nitrogen and oxygen atoms in total. The molecule has 1 saturated heterocycles. The number of aliphatic hydroxyl groups is 7. The standard InChI is InChI=1S/C13H23FO9/c14-7-4(2-15)1-5(8(17)10(7)19)22-13-12(21)11(20)9(18)6(3-16)23-13/h4-13,15-21H,1-3H2/t4?,5-,6?,7-,8?,9+,10?,11?,12?,13-/m0/s1. The number of rotatable bonds is 4. The first-order valence-corrected chi connectivity index (χ1v) is 7.38. The first-order valence-electron chi connectivity index (χ1n) is 7.38. The fraction of sp³-hybridized carbons (Fsp3) is 1.00. The third kappa shape index (κ3) is 3.65. The fourth-order valence-electron chi connectivity index (χ4n) is 2.92. The van der Waals surface area contributed by atoms with Crippen LogP contribution in [-0.4, -0.2) is 104 Å². The second-order valence-electron chi connectivity index (χ2n) is 5.98. The Balaban J connectivity index is 2.07. The molecule has 6 unspecified atom stereocenters. The van der Waals surface area contributed by atoms with Gasteiger partial charge in [-0.1, -0.05) is 0 Å². The molecule has 1 saturated carbocycles. The van der Waals surface area contributed by atoms with Crippen LogP contribution in [0.15, 0.2) is 0 Å². The van der Waals surface area contributed by atoms with Crippen LogP contribution >= 0.6 is 0 Å². The van der Waals surface area contributed by atoms with Crippen LogP contribution in [0, 0.1) is 5.92 Å². The van der Waals surface area contributed by atoms with Crippen molar-refractivity contribution in [2.24, 2.45) is 5.92 Å². The molecule has 136 valence electrons. The predicted octanol–water partition coefficient (Wildman–Crippen LogP) is -3.76. The van der Waals surface area contributed by atoms with Crippen molar-refractivity contribution in [3.63, 3.8) is 0 Å². The van der Waals surface area contributed by atoms with Crippen LogP contribution in [0.2, 0.25) is 0 Å². The van der Waals surface area contributed by atoms with E-state index in [1.165, 1.54) is 0 Å². The van der Waals surface area contributed by atoms with Crippen LogP contribution in [0.4, 0.5) is 4.39 Å². The van der Waals surface area contributed by atoms with Crippen molar-refractivity contribution in [1.82, 2.24) is 0 Å². The van der Waals surface area contributed by atoms with E-state index in [0.717, 1.165) is 0 Å². The summed E-state index contributed by atoms with van der Waals surface area (Å²) in [5.41, 5.74) is 0. The second kappa shape index (κ2) is 7.64. The first-order chi connectivity index (χ1) is 10.8. The monoisotopic (exact) mass is 342 g/mol. The van der Waals surface area contributed by atoms with Crippen molar-refractivity contribution in [2.75, 3.05) is 13.2 Å². The Bertz CT molecular complexity index is 348. The lowest BCUT2D eigenvalue weighted by Gasteiger charge is -2.44. The van der Waals surface area contributed by atoms with Gasteiger partial charge in [0.1, 0.15) is 42.8 Å². The summed E-state index contributed by atoms with van der Waals surface area (Å²) in [6.07, 6.45) is -14.1. The second-order valence-corrected chi connectivity index (χ2v) is 5.98. The summed E-state index contributed by atoms with van der Waals surface area (Å²) < 4.78 is 24.2. The highest BCUT2D eigenvalue weighted by atomic mass is 19.1. The van der Waals surface area contributed by atoms with Crippen molar-refractivity contribution in [3.05, 3.63) is 0 Å². The van der Waals surface area contributed by atoms with Crippen LogP contribution in [0.25, 0.3) is 0 Å². The molecule has 7 N–H and O–H groups in total.